The highest BCUT2D eigenvalue weighted by atomic mass is 16.5. The van der Waals surface area contributed by atoms with Crippen LogP contribution in [0.15, 0.2) is 24.3 Å². The molecule has 0 saturated carbocycles. The molecule has 2 heteroatoms. The molecule has 0 aliphatic heterocycles. The molecule has 0 heterocycles. The molecule has 0 aliphatic rings. The van der Waals surface area contributed by atoms with Crippen molar-refractivity contribution in [2.45, 2.75) is 110 Å². The van der Waals surface area contributed by atoms with Crippen molar-refractivity contribution < 1.29 is 9.53 Å². The van der Waals surface area contributed by atoms with Crippen LogP contribution in [0.2, 0.25) is 0 Å². The predicted molar refractivity (Wildman–Crippen MR) is 105 cm³/mol. The van der Waals surface area contributed by atoms with Gasteiger partial charge in [0, 0.05) is 6.42 Å². The molecule has 0 aromatic heterocycles. The Kier molecular flexibility index (Phi) is 17.5. The fourth-order valence-electron chi connectivity index (χ4n) is 2.45. The third-order valence-corrected chi connectivity index (χ3v) is 4.24. The van der Waals surface area contributed by atoms with Crippen molar-refractivity contribution in [1.82, 2.24) is 0 Å². The van der Waals surface area contributed by atoms with Gasteiger partial charge in [0.05, 0.1) is 6.10 Å². The summed E-state index contributed by atoms with van der Waals surface area (Å²) in [6, 6.07) is 0. The van der Waals surface area contributed by atoms with Gasteiger partial charge < -0.3 is 4.74 Å². The van der Waals surface area contributed by atoms with Gasteiger partial charge in [-0.2, -0.15) is 0 Å². The summed E-state index contributed by atoms with van der Waals surface area (Å²) < 4.78 is 5.27. The van der Waals surface area contributed by atoms with E-state index in [-0.39, 0.29) is 12.1 Å². The third-order valence-electron chi connectivity index (χ3n) is 4.24. The topological polar surface area (TPSA) is 26.3 Å². The molecule has 0 spiro atoms. The molecule has 0 rings (SSSR count). The van der Waals surface area contributed by atoms with Gasteiger partial charge in [0.15, 0.2) is 0 Å². The Morgan fingerprint density at radius 1 is 0.833 bits per heavy atom. The molecule has 24 heavy (non-hydrogen) atoms. The number of hydrogen-bond donors (Lipinski definition) is 0. The lowest BCUT2D eigenvalue weighted by Gasteiger charge is -2.10. The van der Waals surface area contributed by atoms with E-state index in [2.05, 4.69) is 31.2 Å². The van der Waals surface area contributed by atoms with Gasteiger partial charge >= 0.3 is 5.97 Å². The highest BCUT2D eigenvalue weighted by Gasteiger charge is 2.06. The zero-order chi connectivity index (χ0) is 17.9. The van der Waals surface area contributed by atoms with E-state index in [1.54, 1.807) is 0 Å². The Bertz CT molecular complexity index is 331. The lowest BCUT2D eigenvalue weighted by atomic mass is 10.1. The van der Waals surface area contributed by atoms with Crippen LogP contribution in [0.3, 0.4) is 0 Å². The van der Waals surface area contributed by atoms with Crippen LogP contribution in [-0.2, 0) is 9.53 Å². The molecule has 0 radical (unpaired) electrons. The van der Waals surface area contributed by atoms with E-state index in [9.17, 15) is 4.79 Å². The number of allylic oxidation sites excluding steroid dienone is 4. The highest BCUT2D eigenvalue weighted by Crippen LogP contribution is 2.09. The maximum atomic E-state index is 11.5. The summed E-state index contributed by atoms with van der Waals surface area (Å²) in [6.45, 7) is 6.23. The monoisotopic (exact) mass is 336 g/mol. The van der Waals surface area contributed by atoms with Gasteiger partial charge in [-0.15, -0.1) is 0 Å². The molecule has 0 aromatic rings. The highest BCUT2D eigenvalue weighted by molar-refractivity contribution is 5.69. The number of esters is 1. The maximum Gasteiger partial charge on any atom is 0.306 e. The Morgan fingerprint density at radius 3 is 2.04 bits per heavy atom. The van der Waals surface area contributed by atoms with Crippen molar-refractivity contribution in [2.24, 2.45) is 0 Å². The van der Waals surface area contributed by atoms with E-state index in [4.69, 9.17) is 4.74 Å². The summed E-state index contributed by atoms with van der Waals surface area (Å²) in [4.78, 5) is 11.5. The zero-order valence-electron chi connectivity index (χ0n) is 16.4. The minimum absolute atomic E-state index is 0.0324. The second kappa shape index (κ2) is 18.3. The fraction of sp³-hybridized carbons (Fsp3) is 0.773. The largest absolute Gasteiger partial charge is 0.463 e. The van der Waals surface area contributed by atoms with E-state index in [1.807, 2.05) is 13.8 Å². The van der Waals surface area contributed by atoms with E-state index >= 15 is 0 Å². The van der Waals surface area contributed by atoms with Gasteiger partial charge in [0.2, 0.25) is 0 Å². The van der Waals surface area contributed by atoms with Gasteiger partial charge in [-0.1, -0.05) is 70.3 Å². The van der Waals surface area contributed by atoms with Gasteiger partial charge in [-0.3, -0.25) is 4.79 Å². The molecule has 0 bridgehead atoms. The van der Waals surface area contributed by atoms with Crippen LogP contribution >= 0.6 is 0 Å². The molecule has 0 fully saturated rings. The average molecular weight is 337 g/mol. The minimum Gasteiger partial charge on any atom is -0.463 e. The number of carbonyl (C=O) groups excluding carboxylic acids is 1. The number of rotatable bonds is 16. The molecule has 0 amide bonds. The predicted octanol–water partition coefficient (Wildman–Crippen LogP) is 7.14. The normalized spacial score (nSPS) is 13.0. The molecular weight excluding hydrogens is 296 g/mol. The number of hydrogen-bond acceptors (Lipinski definition) is 2. The number of carbonyl (C=O) groups is 1. The second-order valence-corrected chi connectivity index (χ2v) is 6.69. The van der Waals surface area contributed by atoms with Crippen molar-refractivity contribution in [3.63, 3.8) is 0 Å². The van der Waals surface area contributed by atoms with Gasteiger partial charge in [0.1, 0.15) is 0 Å². The molecule has 1 atom stereocenters. The Hall–Kier alpha value is -1.05. The van der Waals surface area contributed by atoms with Crippen LogP contribution in [-0.4, -0.2) is 12.1 Å². The van der Waals surface area contributed by atoms with E-state index in [0.29, 0.717) is 6.42 Å². The molecule has 0 aliphatic carbocycles. The smallest absolute Gasteiger partial charge is 0.306 e. The Morgan fingerprint density at radius 2 is 1.42 bits per heavy atom. The summed E-state index contributed by atoms with van der Waals surface area (Å²) in [6.07, 6.45) is 24.0. The summed E-state index contributed by atoms with van der Waals surface area (Å²) in [5.41, 5.74) is 0. The van der Waals surface area contributed by atoms with Gasteiger partial charge in [-0.25, -0.2) is 0 Å². The van der Waals surface area contributed by atoms with Crippen LogP contribution in [0.25, 0.3) is 0 Å². The first kappa shape index (κ1) is 22.9. The summed E-state index contributed by atoms with van der Waals surface area (Å²) in [5.74, 6) is -0.0324. The summed E-state index contributed by atoms with van der Waals surface area (Å²) >= 11 is 0. The van der Waals surface area contributed by atoms with Crippen LogP contribution in [0, 0.1) is 0 Å². The molecule has 0 N–H and O–H groups in total. The first-order valence-corrected chi connectivity index (χ1v) is 10.2. The summed E-state index contributed by atoms with van der Waals surface area (Å²) in [7, 11) is 0. The van der Waals surface area contributed by atoms with Crippen LogP contribution in [0.1, 0.15) is 104 Å². The van der Waals surface area contributed by atoms with Crippen molar-refractivity contribution in [2.75, 3.05) is 0 Å². The minimum atomic E-state index is -0.0324. The Balaban J connectivity index is 3.30. The van der Waals surface area contributed by atoms with Crippen molar-refractivity contribution in [3.05, 3.63) is 24.3 Å². The maximum absolute atomic E-state index is 11.5. The van der Waals surface area contributed by atoms with Crippen LogP contribution in [0.5, 0.6) is 0 Å². The third kappa shape index (κ3) is 17.3. The first-order chi connectivity index (χ1) is 11.7. The number of unbranched alkanes of at least 4 members (excludes halogenated alkanes) is 8. The standard InChI is InChI=1S/C22H40O2/c1-4-6-7-8-9-10-11-12-13-14-15-16-17-18-19-20-22(23)24-21(3)5-2/h9-10,12-13,21H,4-8,11,14-20H2,1-3H3/b10-9-,13-12-. The fourth-order valence-corrected chi connectivity index (χ4v) is 2.45. The quantitative estimate of drug-likeness (QED) is 0.170. The van der Waals surface area contributed by atoms with Crippen molar-refractivity contribution in [1.29, 1.82) is 0 Å². The SMILES string of the molecule is CCCCC/C=C\C/C=C\CCCCCCCC(=O)OC(C)CC. The lowest BCUT2D eigenvalue weighted by molar-refractivity contribution is -0.148. The lowest BCUT2D eigenvalue weighted by Crippen LogP contribution is -2.13. The first-order valence-electron chi connectivity index (χ1n) is 10.2. The molecule has 1 unspecified atom stereocenters. The second-order valence-electron chi connectivity index (χ2n) is 6.69. The van der Waals surface area contributed by atoms with Crippen molar-refractivity contribution >= 4 is 5.97 Å². The van der Waals surface area contributed by atoms with E-state index < -0.39 is 0 Å². The van der Waals surface area contributed by atoms with Crippen LogP contribution in [0.4, 0.5) is 0 Å². The molecule has 0 saturated heterocycles. The molecule has 2 nitrogen and oxygen atoms in total. The number of ether oxygens (including phenoxy) is 1. The molecule has 0 aromatic carbocycles. The Labute approximate surface area is 150 Å². The molecule has 140 valence electrons. The van der Waals surface area contributed by atoms with Crippen molar-refractivity contribution in [3.8, 4) is 0 Å². The van der Waals surface area contributed by atoms with Gasteiger partial charge in [0.25, 0.3) is 0 Å². The van der Waals surface area contributed by atoms with Gasteiger partial charge in [-0.05, 0) is 51.9 Å². The van der Waals surface area contributed by atoms with E-state index in [0.717, 1.165) is 25.7 Å². The summed E-state index contributed by atoms with van der Waals surface area (Å²) in [5, 5.41) is 0. The average Bonchev–Trinajstić information content (AvgIpc) is 2.58. The molecular formula is C22H40O2. The van der Waals surface area contributed by atoms with E-state index in [1.165, 1.54) is 51.4 Å². The zero-order valence-corrected chi connectivity index (χ0v) is 16.4. The van der Waals surface area contributed by atoms with Crippen LogP contribution < -0.4 is 0 Å².